The minimum Gasteiger partial charge on any atom is -0.262 e. The summed E-state index contributed by atoms with van der Waals surface area (Å²) in [5.41, 5.74) is 1.81. The van der Waals surface area contributed by atoms with Crippen molar-refractivity contribution in [2.45, 2.75) is 0 Å². The third-order valence-corrected chi connectivity index (χ3v) is 3.37. The first-order chi connectivity index (χ1) is 7.83. The van der Waals surface area contributed by atoms with Gasteiger partial charge in [-0.15, -0.1) is 11.3 Å². The molecule has 0 atom stereocenters. The Bertz CT molecular complexity index is 598. The quantitative estimate of drug-likeness (QED) is 0.639. The average molecular weight is 230 g/mol. The van der Waals surface area contributed by atoms with Gasteiger partial charge in [0.05, 0.1) is 10.9 Å². The molecule has 0 aliphatic carbocycles. The molecule has 3 aromatic rings. The van der Waals surface area contributed by atoms with Crippen LogP contribution in [0.3, 0.4) is 0 Å². The lowest BCUT2D eigenvalue weighted by molar-refractivity contribution is 0.628. The molecule has 0 bridgehead atoms. The van der Waals surface area contributed by atoms with Crippen LogP contribution in [0.2, 0.25) is 0 Å². The SMILES string of the molecule is Fc1ccc(-c2nc3cnccc3s2)cc1. The summed E-state index contributed by atoms with van der Waals surface area (Å²) >= 11 is 1.58. The van der Waals surface area contributed by atoms with Gasteiger partial charge in [0, 0.05) is 11.8 Å². The molecule has 3 rings (SSSR count). The van der Waals surface area contributed by atoms with E-state index in [0.717, 1.165) is 20.8 Å². The molecule has 2 nitrogen and oxygen atoms in total. The molecule has 16 heavy (non-hydrogen) atoms. The summed E-state index contributed by atoms with van der Waals surface area (Å²) in [6, 6.07) is 8.29. The van der Waals surface area contributed by atoms with Gasteiger partial charge in [-0.25, -0.2) is 9.37 Å². The highest BCUT2D eigenvalue weighted by atomic mass is 32.1. The fourth-order valence-corrected chi connectivity index (χ4v) is 2.43. The summed E-state index contributed by atoms with van der Waals surface area (Å²) in [6.45, 7) is 0. The first-order valence-corrected chi connectivity index (χ1v) is 5.61. The third-order valence-electron chi connectivity index (χ3n) is 2.28. The van der Waals surface area contributed by atoms with Gasteiger partial charge >= 0.3 is 0 Å². The smallest absolute Gasteiger partial charge is 0.124 e. The van der Waals surface area contributed by atoms with E-state index < -0.39 is 0 Å². The number of fused-ring (bicyclic) bond motifs is 1. The molecule has 0 saturated carbocycles. The van der Waals surface area contributed by atoms with E-state index >= 15 is 0 Å². The van der Waals surface area contributed by atoms with Gasteiger partial charge < -0.3 is 0 Å². The van der Waals surface area contributed by atoms with Crippen molar-refractivity contribution in [1.29, 1.82) is 0 Å². The van der Waals surface area contributed by atoms with Crippen molar-refractivity contribution in [1.82, 2.24) is 9.97 Å². The molecule has 0 aliphatic rings. The van der Waals surface area contributed by atoms with Gasteiger partial charge in [0.1, 0.15) is 16.3 Å². The van der Waals surface area contributed by atoms with Crippen LogP contribution < -0.4 is 0 Å². The van der Waals surface area contributed by atoms with Crippen LogP contribution in [0.25, 0.3) is 20.8 Å². The highest BCUT2D eigenvalue weighted by Crippen LogP contribution is 2.29. The van der Waals surface area contributed by atoms with Gasteiger partial charge in [-0.2, -0.15) is 0 Å². The molecule has 1 aromatic carbocycles. The fourth-order valence-electron chi connectivity index (χ4n) is 1.50. The Morgan fingerprint density at radius 2 is 1.88 bits per heavy atom. The first kappa shape index (κ1) is 9.42. The Kier molecular flexibility index (Phi) is 2.15. The van der Waals surface area contributed by atoms with Crippen LogP contribution in [0, 0.1) is 5.82 Å². The van der Waals surface area contributed by atoms with Crippen molar-refractivity contribution < 1.29 is 4.39 Å². The number of thiazole rings is 1. The predicted octanol–water partition coefficient (Wildman–Crippen LogP) is 3.50. The number of pyridine rings is 1. The van der Waals surface area contributed by atoms with Crippen molar-refractivity contribution >= 4 is 21.6 Å². The molecule has 0 spiro atoms. The molecule has 2 heterocycles. The topological polar surface area (TPSA) is 25.8 Å². The molecular weight excluding hydrogens is 223 g/mol. The van der Waals surface area contributed by atoms with E-state index in [-0.39, 0.29) is 5.82 Å². The van der Waals surface area contributed by atoms with Gasteiger partial charge in [-0.1, -0.05) is 0 Å². The second kappa shape index (κ2) is 3.64. The highest BCUT2D eigenvalue weighted by Gasteiger charge is 2.05. The maximum Gasteiger partial charge on any atom is 0.124 e. The predicted molar refractivity (Wildman–Crippen MR) is 62.8 cm³/mol. The van der Waals surface area contributed by atoms with Crippen LogP contribution in [0.15, 0.2) is 42.7 Å². The molecule has 0 amide bonds. The number of nitrogens with zero attached hydrogens (tertiary/aromatic N) is 2. The van der Waals surface area contributed by atoms with Gasteiger partial charge in [0.2, 0.25) is 0 Å². The minimum absolute atomic E-state index is 0.230. The zero-order valence-electron chi connectivity index (χ0n) is 8.22. The molecule has 0 saturated heterocycles. The lowest BCUT2D eigenvalue weighted by Crippen LogP contribution is -1.77. The van der Waals surface area contributed by atoms with Crippen molar-refractivity contribution in [2.75, 3.05) is 0 Å². The van der Waals surface area contributed by atoms with E-state index in [2.05, 4.69) is 9.97 Å². The van der Waals surface area contributed by atoms with E-state index in [1.165, 1.54) is 12.1 Å². The van der Waals surface area contributed by atoms with Crippen molar-refractivity contribution in [2.24, 2.45) is 0 Å². The first-order valence-electron chi connectivity index (χ1n) is 4.79. The standard InChI is InChI=1S/C12H7FN2S/c13-9-3-1-8(2-4-9)12-15-10-7-14-6-5-11(10)16-12/h1-7H. The molecular formula is C12H7FN2S. The number of benzene rings is 1. The minimum atomic E-state index is -0.230. The molecule has 0 fully saturated rings. The molecule has 0 N–H and O–H groups in total. The van der Waals surface area contributed by atoms with Crippen LogP contribution in [0.4, 0.5) is 4.39 Å². The Morgan fingerprint density at radius 3 is 2.62 bits per heavy atom. The summed E-state index contributed by atoms with van der Waals surface area (Å²) in [7, 11) is 0. The number of halogens is 1. The molecule has 4 heteroatoms. The number of aromatic nitrogens is 2. The lowest BCUT2D eigenvalue weighted by atomic mass is 10.2. The molecule has 78 valence electrons. The third kappa shape index (κ3) is 1.57. The van der Waals surface area contributed by atoms with Crippen LogP contribution in [0.1, 0.15) is 0 Å². The second-order valence-corrected chi connectivity index (χ2v) is 4.40. The average Bonchev–Trinajstić information content (AvgIpc) is 2.73. The Morgan fingerprint density at radius 1 is 1.06 bits per heavy atom. The largest absolute Gasteiger partial charge is 0.262 e. The maximum atomic E-state index is 12.8. The van der Waals surface area contributed by atoms with E-state index in [4.69, 9.17) is 0 Å². The van der Waals surface area contributed by atoms with Crippen LogP contribution in [-0.4, -0.2) is 9.97 Å². The number of hydrogen-bond acceptors (Lipinski definition) is 3. The normalized spacial score (nSPS) is 10.8. The van der Waals surface area contributed by atoms with Gasteiger partial charge in [0.25, 0.3) is 0 Å². The van der Waals surface area contributed by atoms with E-state index in [0.29, 0.717) is 0 Å². The summed E-state index contributed by atoms with van der Waals surface area (Å²) in [5.74, 6) is -0.230. The number of hydrogen-bond donors (Lipinski definition) is 0. The summed E-state index contributed by atoms with van der Waals surface area (Å²) in [6.07, 6.45) is 3.48. The lowest BCUT2D eigenvalue weighted by Gasteiger charge is -1.93. The van der Waals surface area contributed by atoms with Crippen molar-refractivity contribution in [3.63, 3.8) is 0 Å². The molecule has 0 radical (unpaired) electrons. The van der Waals surface area contributed by atoms with Crippen LogP contribution in [-0.2, 0) is 0 Å². The van der Waals surface area contributed by atoms with Crippen molar-refractivity contribution in [3.8, 4) is 10.6 Å². The van der Waals surface area contributed by atoms with E-state index in [1.807, 2.05) is 6.07 Å². The van der Waals surface area contributed by atoms with E-state index in [1.54, 1.807) is 35.9 Å². The Hall–Kier alpha value is -1.81. The molecule has 0 unspecified atom stereocenters. The molecule has 0 aliphatic heterocycles. The fraction of sp³-hybridized carbons (Fsp3) is 0. The maximum absolute atomic E-state index is 12.8. The highest BCUT2D eigenvalue weighted by molar-refractivity contribution is 7.21. The summed E-state index contributed by atoms with van der Waals surface area (Å²) < 4.78 is 13.9. The molecule has 2 aromatic heterocycles. The van der Waals surface area contributed by atoms with Crippen LogP contribution in [0.5, 0.6) is 0 Å². The zero-order chi connectivity index (χ0) is 11.0. The van der Waals surface area contributed by atoms with Crippen molar-refractivity contribution in [3.05, 3.63) is 48.5 Å². The van der Waals surface area contributed by atoms with E-state index in [9.17, 15) is 4.39 Å². The monoisotopic (exact) mass is 230 g/mol. The second-order valence-electron chi connectivity index (χ2n) is 3.37. The Labute approximate surface area is 95.4 Å². The van der Waals surface area contributed by atoms with Gasteiger partial charge in [-0.3, -0.25) is 4.98 Å². The Balaban J connectivity index is 2.15. The zero-order valence-corrected chi connectivity index (χ0v) is 9.04. The van der Waals surface area contributed by atoms with Crippen LogP contribution >= 0.6 is 11.3 Å². The summed E-state index contributed by atoms with van der Waals surface area (Å²) in [4.78, 5) is 8.46. The number of rotatable bonds is 1. The van der Waals surface area contributed by atoms with Gasteiger partial charge in [0.15, 0.2) is 0 Å². The van der Waals surface area contributed by atoms with Gasteiger partial charge in [-0.05, 0) is 30.3 Å². The summed E-state index contributed by atoms with van der Waals surface area (Å²) in [5, 5.41) is 0.892.